The van der Waals surface area contributed by atoms with Gasteiger partial charge < -0.3 is 10.6 Å². The number of anilines is 1. The standard InChI is InChI=1S/C22H23FN4O2/c1-14(2)21(28)26-18-6-4-5-16(11-18)12-24-22(29)20-13-25-27(15(20)3)19-9-7-17(23)8-10-19/h4-11,13-14H,12H2,1-3H3,(H,24,29)(H,26,28). The van der Waals surface area contributed by atoms with Crippen molar-refractivity contribution in [1.29, 1.82) is 0 Å². The monoisotopic (exact) mass is 394 g/mol. The van der Waals surface area contributed by atoms with Crippen LogP contribution in [0.25, 0.3) is 5.69 Å². The van der Waals surface area contributed by atoms with Crippen molar-refractivity contribution in [3.63, 3.8) is 0 Å². The van der Waals surface area contributed by atoms with Crippen LogP contribution in [0, 0.1) is 18.7 Å². The van der Waals surface area contributed by atoms with Gasteiger partial charge in [0.15, 0.2) is 0 Å². The summed E-state index contributed by atoms with van der Waals surface area (Å²) in [7, 11) is 0. The SMILES string of the molecule is Cc1c(C(=O)NCc2cccc(NC(=O)C(C)C)c2)cnn1-c1ccc(F)cc1. The second-order valence-electron chi connectivity index (χ2n) is 7.06. The number of nitrogens with zero attached hydrogens (tertiary/aromatic N) is 2. The summed E-state index contributed by atoms with van der Waals surface area (Å²) in [6, 6.07) is 13.2. The van der Waals surface area contributed by atoms with Gasteiger partial charge in [0.25, 0.3) is 5.91 Å². The minimum Gasteiger partial charge on any atom is -0.348 e. The molecule has 29 heavy (non-hydrogen) atoms. The van der Waals surface area contributed by atoms with Gasteiger partial charge in [-0.2, -0.15) is 5.10 Å². The first kappa shape index (κ1) is 20.3. The topological polar surface area (TPSA) is 76.0 Å². The molecule has 0 fully saturated rings. The minimum atomic E-state index is -0.330. The van der Waals surface area contributed by atoms with E-state index in [0.717, 1.165) is 5.56 Å². The second kappa shape index (κ2) is 8.68. The van der Waals surface area contributed by atoms with Gasteiger partial charge in [0, 0.05) is 18.2 Å². The Bertz CT molecular complexity index is 1030. The number of amides is 2. The van der Waals surface area contributed by atoms with Crippen LogP contribution in [0.1, 0.15) is 35.5 Å². The van der Waals surface area contributed by atoms with Crippen LogP contribution < -0.4 is 10.6 Å². The van der Waals surface area contributed by atoms with Gasteiger partial charge in [-0.05, 0) is 48.9 Å². The van der Waals surface area contributed by atoms with Crippen LogP contribution in [0.3, 0.4) is 0 Å². The zero-order valence-electron chi connectivity index (χ0n) is 16.6. The predicted octanol–water partition coefficient (Wildman–Crippen LogP) is 3.84. The average molecular weight is 394 g/mol. The van der Waals surface area contributed by atoms with Gasteiger partial charge >= 0.3 is 0 Å². The Morgan fingerprint density at radius 3 is 2.55 bits per heavy atom. The van der Waals surface area contributed by atoms with Gasteiger partial charge in [-0.1, -0.05) is 26.0 Å². The maximum Gasteiger partial charge on any atom is 0.255 e. The third-order valence-corrected chi connectivity index (χ3v) is 4.50. The van der Waals surface area contributed by atoms with Crippen LogP contribution >= 0.6 is 0 Å². The first-order valence-corrected chi connectivity index (χ1v) is 9.33. The van der Waals surface area contributed by atoms with Gasteiger partial charge in [-0.3, -0.25) is 9.59 Å². The third kappa shape index (κ3) is 4.87. The lowest BCUT2D eigenvalue weighted by molar-refractivity contribution is -0.118. The van der Waals surface area contributed by atoms with Gasteiger partial charge in [-0.15, -0.1) is 0 Å². The van der Waals surface area contributed by atoms with E-state index in [-0.39, 0.29) is 23.5 Å². The number of carbonyl (C=O) groups is 2. The molecule has 0 unspecified atom stereocenters. The van der Waals surface area contributed by atoms with Crippen LogP contribution in [0.2, 0.25) is 0 Å². The van der Waals surface area contributed by atoms with Crippen molar-refractivity contribution in [1.82, 2.24) is 15.1 Å². The van der Waals surface area contributed by atoms with E-state index in [9.17, 15) is 14.0 Å². The van der Waals surface area contributed by atoms with Crippen LogP contribution in [-0.4, -0.2) is 21.6 Å². The Labute approximate surface area is 168 Å². The number of hydrogen-bond acceptors (Lipinski definition) is 3. The highest BCUT2D eigenvalue weighted by atomic mass is 19.1. The number of benzene rings is 2. The van der Waals surface area contributed by atoms with E-state index in [1.807, 2.05) is 38.1 Å². The van der Waals surface area contributed by atoms with Crippen molar-refractivity contribution >= 4 is 17.5 Å². The molecule has 0 aliphatic rings. The molecule has 2 amide bonds. The van der Waals surface area contributed by atoms with Crippen molar-refractivity contribution in [3.8, 4) is 5.69 Å². The number of aromatic nitrogens is 2. The maximum atomic E-state index is 13.1. The smallest absolute Gasteiger partial charge is 0.255 e. The van der Waals surface area contributed by atoms with Crippen molar-refractivity contribution < 1.29 is 14.0 Å². The van der Waals surface area contributed by atoms with Crippen molar-refractivity contribution in [2.45, 2.75) is 27.3 Å². The summed E-state index contributed by atoms with van der Waals surface area (Å²) >= 11 is 0. The molecule has 0 saturated heterocycles. The Morgan fingerprint density at radius 2 is 1.86 bits per heavy atom. The van der Waals surface area contributed by atoms with Crippen LogP contribution in [-0.2, 0) is 11.3 Å². The molecule has 0 atom stereocenters. The van der Waals surface area contributed by atoms with E-state index in [1.54, 1.807) is 23.7 Å². The highest BCUT2D eigenvalue weighted by Crippen LogP contribution is 2.16. The Morgan fingerprint density at radius 1 is 1.14 bits per heavy atom. The van der Waals surface area contributed by atoms with E-state index in [4.69, 9.17) is 0 Å². The lowest BCUT2D eigenvalue weighted by Gasteiger charge is -2.10. The number of halogens is 1. The Kier molecular flexibility index (Phi) is 6.07. The fourth-order valence-corrected chi connectivity index (χ4v) is 2.80. The molecule has 3 aromatic rings. The summed E-state index contributed by atoms with van der Waals surface area (Å²) in [4.78, 5) is 24.4. The summed E-state index contributed by atoms with van der Waals surface area (Å²) in [6.45, 7) is 5.75. The van der Waals surface area contributed by atoms with Crippen LogP contribution in [0.4, 0.5) is 10.1 Å². The summed E-state index contributed by atoms with van der Waals surface area (Å²) in [6.07, 6.45) is 1.49. The van der Waals surface area contributed by atoms with Gasteiger partial charge in [0.1, 0.15) is 5.82 Å². The largest absolute Gasteiger partial charge is 0.348 e. The molecule has 0 radical (unpaired) electrons. The number of nitrogens with one attached hydrogen (secondary N) is 2. The molecule has 2 aromatic carbocycles. The van der Waals surface area contributed by atoms with Crippen LogP contribution in [0.5, 0.6) is 0 Å². The molecule has 150 valence electrons. The second-order valence-corrected chi connectivity index (χ2v) is 7.06. The van der Waals surface area contributed by atoms with Gasteiger partial charge in [-0.25, -0.2) is 9.07 Å². The average Bonchev–Trinajstić information content (AvgIpc) is 3.08. The van der Waals surface area contributed by atoms with E-state index >= 15 is 0 Å². The van der Waals surface area contributed by atoms with Crippen molar-refractivity contribution in [2.24, 2.45) is 5.92 Å². The lowest BCUT2D eigenvalue weighted by Crippen LogP contribution is -2.23. The molecule has 3 rings (SSSR count). The Hall–Kier alpha value is -3.48. The molecular weight excluding hydrogens is 371 g/mol. The van der Waals surface area contributed by atoms with E-state index in [0.29, 0.717) is 29.2 Å². The molecule has 1 aromatic heterocycles. The number of rotatable bonds is 6. The molecule has 2 N–H and O–H groups in total. The summed E-state index contributed by atoms with van der Waals surface area (Å²) in [5.41, 5.74) is 3.33. The van der Waals surface area contributed by atoms with Crippen LogP contribution in [0.15, 0.2) is 54.7 Å². The van der Waals surface area contributed by atoms with Crippen molar-refractivity contribution in [2.75, 3.05) is 5.32 Å². The summed E-state index contributed by atoms with van der Waals surface area (Å²) < 4.78 is 14.7. The lowest BCUT2D eigenvalue weighted by atomic mass is 10.1. The molecule has 0 bridgehead atoms. The number of carbonyl (C=O) groups excluding carboxylic acids is 2. The van der Waals surface area contributed by atoms with E-state index in [1.165, 1.54) is 18.3 Å². The molecule has 0 aliphatic carbocycles. The quantitative estimate of drug-likeness (QED) is 0.667. The predicted molar refractivity (Wildman–Crippen MR) is 109 cm³/mol. The zero-order valence-corrected chi connectivity index (χ0v) is 16.6. The molecular formula is C22H23FN4O2. The normalized spacial score (nSPS) is 10.8. The van der Waals surface area contributed by atoms with Gasteiger partial charge in [0.05, 0.1) is 23.1 Å². The summed E-state index contributed by atoms with van der Waals surface area (Å²) in [5, 5.41) is 9.95. The Balaban J connectivity index is 1.67. The zero-order chi connectivity index (χ0) is 21.0. The fourth-order valence-electron chi connectivity index (χ4n) is 2.80. The minimum absolute atomic E-state index is 0.0602. The third-order valence-electron chi connectivity index (χ3n) is 4.50. The fraction of sp³-hybridized carbons (Fsp3) is 0.227. The molecule has 0 spiro atoms. The van der Waals surface area contributed by atoms with Crippen molar-refractivity contribution in [3.05, 3.63) is 77.4 Å². The number of hydrogen-bond donors (Lipinski definition) is 2. The summed E-state index contributed by atoms with van der Waals surface area (Å²) in [5.74, 6) is -0.759. The molecule has 7 heteroatoms. The molecule has 0 aliphatic heterocycles. The molecule has 0 saturated carbocycles. The van der Waals surface area contributed by atoms with E-state index < -0.39 is 0 Å². The van der Waals surface area contributed by atoms with Gasteiger partial charge in [0.2, 0.25) is 5.91 Å². The molecule has 6 nitrogen and oxygen atoms in total. The highest BCUT2D eigenvalue weighted by Gasteiger charge is 2.15. The first-order chi connectivity index (χ1) is 13.8. The first-order valence-electron chi connectivity index (χ1n) is 9.33. The maximum absolute atomic E-state index is 13.1. The van der Waals surface area contributed by atoms with E-state index in [2.05, 4.69) is 15.7 Å². The highest BCUT2D eigenvalue weighted by molar-refractivity contribution is 5.95. The molecule has 1 heterocycles.